The number of fused-ring (bicyclic) bond motifs is 8. The zero-order valence-electron chi connectivity index (χ0n) is 49.7. The molecule has 5 N–H and O–H groups in total. The molecule has 0 spiro atoms. The molecule has 2 aliphatic heterocycles. The molecule has 0 aliphatic carbocycles. The summed E-state index contributed by atoms with van der Waals surface area (Å²) < 4.78 is 125. The van der Waals surface area contributed by atoms with Crippen molar-refractivity contribution in [2.75, 3.05) is 70.5 Å². The van der Waals surface area contributed by atoms with Crippen LogP contribution in [0.4, 0.5) is 5.69 Å². The van der Waals surface area contributed by atoms with E-state index >= 15 is 0 Å². The van der Waals surface area contributed by atoms with Crippen molar-refractivity contribution in [2.45, 2.75) is 72.5 Å². The second-order valence-electron chi connectivity index (χ2n) is 21.0. The molecule has 7 aromatic rings. The first-order valence-electron chi connectivity index (χ1n) is 29.2. The molecule has 0 atom stereocenters. The first-order valence-corrected chi connectivity index (χ1v) is 34.2. The fourth-order valence-electron chi connectivity index (χ4n) is 10.2. The molecule has 8 bridgehead atoms. The molecule has 0 saturated carbocycles. The van der Waals surface area contributed by atoms with Crippen LogP contribution in [0, 0.1) is 0 Å². The van der Waals surface area contributed by atoms with Crippen molar-refractivity contribution < 1.29 is 101 Å². The molecular formula is C65H68BrFeN6O15S4. The molecule has 1 radical (unpaired) electrons. The summed E-state index contributed by atoms with van der Waals surface area (Å²) in [5.41, 5.74) is 7.64. The predicted molar refractivity (Wildman–Crippen MR) is 348 cm³/mol. The van der Waals surface area contributed by atoms with E-state index in [2.05, 4.69) is 23.3 Å². The third-order valence-corrected chi connectivity index (χ3v) is 17.5. The Morgan fingerprint density at radius 3 is 1.09 bits per heavy atom. The largest absolute Gasteiger partial charge is 3.00 e. The summed E-state index contributed by atoms with van der Waals surface area (Å²) in [6.07, 6.45) is 16.8. The number of thiol groups is 1. The van der Waals surface area contributed by atoms with Gasteiger partial charge in [0.25, 0.3) is 30.4 Å². The molecule has 0 saturated heterocycles. The van der Waals surface area contributed by atoms with Crippen LogP contribution in [0.3, 0.4) is 0 Å². The Kier molecular flexibility index (Phi) is 27.3. The van der Waals surface area contributed by atoms with Crippen molar-refractivity contribution >= 4 is 107 Å². The summed E-state index contributed by atoms with van der Waals surface area (Å²) in [6, 6.07) is 30.7. The number of anilines is 1. The van der Waals surface area contributed by atoms with E-state index in [1.54, 1.807) is 72.8 Å². The number of nitrogens with one attached hydrogen (secondary N) is 2. The summed E-state index contributed by atoms with van der Waals surface area (Å²) in [4.78, 5) is 44.7. The standard InChI is InChI=1S/C65H70N6O15S4.BrH.Fe/c72-60(9-7-5-3-1-2-4-6-8-42-87)66-34-35-83-36-37-84-38-39-85-40-41-86-43-61(73)67-48-18-10-44(11-19-48)62-52-26-28-54(68-52)63(45-12-20-49(21-13-45)88(74,75)76)56-30-32-58(70-56)65(47-16-24-51(25-17-47)90(80,81)82)59-33-31-57(71-59)64(55-29-27-53(62)69-55)46-14-22-50(23-15-46)89(77,78)79;;/h10-33H,1-9,34-43H2,(H8,66,67,68,69,70,71,72,73,74,75,76,77,78,79,80,81,82,87);1H;/q;;+3/p-3. The normalized spacial score (nSPS) is 12.1. The number of hydrogen-bond acceptors (Lipinski definition) is 15. The van der Waals surface area contributed by atoms with E-state index < -0.39 is 36.3 Å². The van der Waals surface area contributed by atoms with Crippen molar-refractivity contribution in [2.24, 2.45) is 0 Å². The Morgan fingerprint density at radius 2 is 0.739 bits per heavy atom. The maximum atomic E-state index is 13.1. The number of ether oxygens (including phenoxy) is 4. The Hall–Kier alpha value is -6.66. The van der Waals surface area contributed by atoms with Gasteiger partial charge in [0.05, 0.1) is 83.7 Å². The predicted octanol–water partition coefficient (Wildman–Crippen LogP) is 7.89. The van der Waals surface area contributed by atoms with Gasteiger partial charge in [0.2, 0.25) is 11.8 Å². The van der Waals surface area contributed by atoms with Crippen LogP contribution in [-0.4, -0.2) is 126 Å². The molecule has 3 aromatic heterocycles. The Labute approximate surface area is 561 Å². The smallest absolute Gasteiger partial charge is 1.00 e. The molecule has 2 aliphatic rings. The number of hydrogen-bond donors (Lipinski definition) is 6. The van der Waals surface area contributed by atoms with Gasteiger partial charge < -0.3 is 56.5 Å². The van der Waals surface area contributed by atoms with Gasteiger partial charge in [-0.25, -0.2) is 9.97 Å². The number of unbranched alkanes of at least 4 members (excludes halogenated alkanes) is 7. The maximum Gasteiger partial charge on any atom is 3.00 e. The van der Waals surface area contributed by atoms with Crippen LogP contribution < -0.4 is 37.6 Å². The fourth-order valence-corrected chi connectivity index (χ4v) is 11.9. The van der Waals surface area contributed by atoms with E-state index in [9.17, 15) is 48.5 Å². The minimum atomic E-state index is -4.57. The van der Waals surface area contributed by atoms with Crippen LogP contribution in [0.25, 0.3) is 90.9 Å². The van der Waals surface area contributed by atoms with Crippen molar-refractivity contribution in [1.29, 1.82) is 0 Å². The van der Waals surface area contributed by atoms with E-state index in [0.717, 1.165) is 25.0 Å². The number of halogens is 1. The third kappa shape index (κ3) is 20.2. The van der Waals surface area contributed by atoms with Crippen molar-refractivity contribution in [3.05, 3.63) is 144 Å². The molecule has 4 aromatic carbocycles. The van der Waals surface area contributed by atoms with Gasteiger partial charge in [-0.1, -0.05) is 111 Å². The number of nitrogens with zero attached hydrogens (tertiary/aromatic N) is 4. The number of carbonyl (C=O) groups is 2. The summed E-state index contributed by atoms with van der Waals surface area (Å²) >= 11 is 4.25. The number of amides is 2. The molecule has 5 heterocycles. The van der Waals surface area contributed by atoms with Crippen LogP contribution in [0.1, 0.15) is 80.6 Å². The van der Waals surface area contributed by atoms with Gasteiger partial charge in [-0.2, -0.15) is 37.9 Å². The molecular weight excluding hydrogens is 1370 g/mol. The summed E-state index contributed by atoms with van der Waals surface area (Å²) in [5, 5.41) is 5.75. The monoisotopic (exact) mass is 1440 g/mol. The molecule has 92 heavy (non-hydrogen) atoms. The molecule has 0 fully saturated rings. The number of rotatable bonds is 32. The van der Waals surface area contributed by atoms with E-state index in [-0.39, 0.29) is 74.5 Å². The molecule has 0 unspecified atom stereocenters. The van der Waals surface area contributed by atoms with E-state index in [1.807, 2.05) is 0 Å². The molecule has 27 heteroatoms. The van der Waals surface area contributed by atoms with Crippen molar-refractivity contribution in [3.8, 4) is 44.5 Å². The molecule has 21 nitrogen and oxygen atoms in total. The van der Waals surface area contributed by atoms with E-state index in [0.29, 0.717) is 141 Å². The summed E-state index contributed by atoms with van der Waals surface area (Å²) in [5.74, 6) is 0.590. The fraction of sp³-hybridized carbons (Fsp3) is 0.292. The Morgan fingerprint density at radius 1 is 0.424 bits per heavy atom. The molecule has 487 valence electrons. The average molecular weight is 1440 g/mol. The molecule has 9 rings (SSSR count). The SMILES string of the molecule is O=C(CCCCCCCCCCS)NCCOCCOCCOCCOCC(=O)Nc1ccc(-c2c3nc(c(-c4ccc(S(=O)(=O)O)cc4)c4ccc([n-]4)c(-c4ccc(S(=O)(=O)O)cc4)c4nc(c(-c5ccc(S(=O)(=O)O)cc5)c5ccc2[n-]5)C=C4)C=C3)cc1.[Br-].[Fe+3]. The van der Waals surface area contributed by atoms with Crippen molar-refractivity contribution in [3.63, 3.8) is 0 Å². The molecule has 2 amide bonds. The van der Waals surface area contributed by atoms with Gasteiger partial charge in [0, 0.05) is 18.7 Å². The second kappa shape index (κ2) is 34.5. The van der Waals surface area contributed by atoms with E-state index in [4.69, 9.17) is 38.9 Å². The summed E-state index contributed by atoms with van der Waals surface area (Å²) in [6.45, 7) is 2.41. The quantitative estimate of drug-likeness (QED) is 0.0101. The Bertz CT molecular complexity index is 4190. The summed E-state index contributed by atoms with van der Waals surface area (Å²) in [7, 11) is -13.7. The second-order valence-corrected chi connectivity index (χ2v) is 25.7. The maximum absolute atomic E-state index is 13.1. The van der Waals surface area contributed by atoms with Gasteiger partial charge in [-0.3, -0.25) is 23.2 Å². The van der Waals surface area contributed by atoms with Crippen molar-refractivity contribution in [1.82, 2.24) is 25.3 Å². The van der Waals surface area contributed by atoms with Crippen LogP contribution in [0.2, 0.25) is 0 Å². The van der Waals surface area contributed by atoms with Crippen LogP contribution in [-0.2, 0) is 76.0 Å². The van der Waals surface area contributed by atoms with Crippen LogP contribution in [0.15, 0.2) is 136 Å². The number of benzene rings is 4. The van der Waals surface area contributed by atoms with Crippen LogP contribution >= 0.6 is 12.6 Å². The van der Waals surface area contributed by atoms with Gasteiger partial charge in [-0.05, 0) is 136 Å². The van der Waals surface area contributed by atoms with Gasteiger partial charge in [-0.15, -0.1) is 22.1 Å². The Balaban J connectivity index is 0.00000600. The van der Waals surface area contributed by atoms with Gasteiger partial charge in [0.1, 0.15) is 6.61 Å². The average Bonchev–Trinajstić information content (AvgIpc) is 1.62. The van der Waals surface area contributed by atoms with Gasteiger partial charge in [0.15, 0.2) is 0 Å². The minimum Gasteiger partial charge on any atom is -1.00 e. The van der Waals surface area contributed by atoms with Crippen LogP contribution in [0.5, 0.6) is 0 Å². The number of aromatic nitrogens is 4. The third-order valence-electron chi connectivity index (χ3n) is 14.6. The zero-order valence-corrected chi connectivity index (χ0v) is 55.8. The number of carbonyl (C=O) groups excluding carboxylic acids is 2. The van der Waals surface area contributed by atoms with Gasteiger partial charge >= 0.3 is 17.1 Å². The first kappa shape index (κ1) is 72.8. The zero-order chi connectivity index (χ0) is 63.7. The first-order chi connectivity index (χ1) is 43.3. The van der Waals surface area contributed by atoms with E-state index in [1.165, 1.54) is 105 Å². The minimum absolute atomic E-state index is 0. The topological polar surface area (TPSA) is 312 Å².